The molecule has 0 bridgehead atoms. The van der Waals surface area contributed by atoms with Crippen LogP contribution in [-0.4, -0.2) is 19.9 Å². The highest BCUT2D eigenvalue weighted by molar-refractivity contribution is 7.89. The highest BCUT2D eigenvalue weighted by Crippen LogP contribution is 2.24. The number of anilines is 1. The highest BCUT2D eigenvalue weighted by atomic mass is 32.2. The fraction of sp³-hybridized carbons (Fsp3) is 0.400. The zero-order valence-electron chi connectivity index (χ0n) is 10.1. The van der Waals surface area contributed by atoms with Gasteiger partial charge in [0.1, 0.15) is 5.69 Å². The summed E-state index contributed by atoms with van der Waals surface area (Å²) in [7, 11) is -3.74. The summed E-state index contributed by atoms with van der Waals surface area (Å²) < 4.78 is 26.1. The van der Waals surface area contributed by atoms with E-state index in [9.17, 15) is 18.5 Å². The summed E-state index contributed by atoms with van der Waals surface area (Å²) >= 11 is 0. The first-order chi connectivity index (χ1) is 8.24. The van der Waals surface area contributed by atoms with Crippen molar-refractivity contribution in [1.82, 2.24) is 4.72 Å². The normalized spacial score (nSPS) is 11.7. The molecule has 0 saturated heterocycles. The molecule has 1 aromatic carbocycles. The van der Waals surface area contributed by atoms with E-state index >= 15 is 0 Å². The molecule has 100 valence electrons. The van der Waals surface area contributed by atoms with Crippen LogP contribution in [0.3, 0.4) is 0 Å². The molecule has 0 aliphatic rings. The molecule has 0 unspecified atom stereocenters. The van der Waals surface area contributed by atoms with Gasteiger partial charge in [-0.3, -0.25) is 10.1 Å². The first-order valence-corrected chi connectivity index (χ1v) is 6.76. The smallest absolute Gasteiger partial charge is 0.293 e. The number of nitrogen functional groups attached to an aromatic ring is 1. The largest absolute Gasteiger partial charge is 0.393 e. The minimum absolute atomic E-state index is 0.0668. The molecule has 0 aromatic heterocycles. The Kier molecular flexibility index (Phi) is 4.25. The molecule has 1 aromatic rings. The van der Waals surface area contributed by atoms with Crippen LogP contribution < -0.4 is 10.5 Å². The van der Waals surface area contributed by atoms with Crippen molar-refractivity contribution >= 4 is 21.4 Å². The third-order valence-corrected chi connectivity index (χ3v) is 3.61. The van der Waals surface area contributed by atoms with Crippen LogP contribution in [0.4, 0.5) is 11.4 Å². The van der Waals surface area contributed by atoms with Gasteiger partial charge in [-0.05, 0) is 18.1 Å². The van der Waals surface area contributed by atoms with Crippen LogP contribution in [0.15, 0.2) is 23.1 Å². The Balaban J connectivity index is 3.10. The number of nitrogens with two attached hydrogens (primary N) is 1. The van der Waals surface area contributed by atoms with Gasteiger partial charge < -0.3 is 5.73 Å². The maximum absolute atomic E-state index is 11.8. The lowest BCUT2D eigenvalue weighted by molar-refractivity contribution is -0.384. The summed E-state index contributed by atoms with van der Waals surface area (Å²) in [6.07, 6.45) is 0. The number of nitro groups is 1. The van der Waals surface area contributed by atoms with E-state index in [4.69, 9.17) is 5.73 Å². The van der Waals surface area contributed by atoms with Crippen molar-refractivity contribution in [3.05, 3.63) is 28.3 Å². The predicted molar refractivity (Wildman–Crippen MR) is 67.5 cm³/mol. The third kappa shape index (κ3) is 3.41. The van der Waals surface area contributed by atoms with E-state index in [2.05, 4.69) is 4.72 Å². The molecule has 0 saturated carbocycles. The molecule has 1 rings (SSSR count). The fourth-order valence-electron chi connectivity index (χ4n) is 1.21. The van der Waals surface area contributed by atoms with Crippen molar-refractivity contribution in [3.8, 4) is 0 Å². The lowest BCUT2D eigenvalue weighted by atomic mass is 10.2. The first-order valence-electron chi connectivity index (χ1n) is 5.27. The Morgan fingerprint density at radius 2 is 2.06 bits per heavy atom. The summed E-state index contributed by atoms with van der Waals surface area (Å²) in [6, 6.07) is 3.41. The third-order valence-electron chi connectivity index (χ3n) is 2.19. The van der Waals surface area contributed by atoms with Crippen molar-refractivity contribution in [2.75, 3.05) is 12.3 Å². The SMILES string of the molecule is CC(C)CNS(=O)(=O)c1ccc(N)c([N+](=O)[O-])c1. The van der Waals surface area contributed by atoms with Gasteiger partial charge in [0.2, 0.25) is 10.0 Å². The van der Waals surface area contributed by atoms with Gasteiger partial charge in [0.15, 0.2) is 0 Å². The van der Waals surface area contributed by atoms with Gasteiger partial charge in [-0.2, -0.15) is 0 Å². The van der Waals surface area contributed by atoms with Crippen LogP contribution in [0.1, 0.15) is 13.8 Å². The van der Waals surface area contributed by atoms with E-state index < -0.39 is 20.6 Å². The van der Waals surface area contributed by atoms with Crippen LogP contribution in [0.2, 0.25) is 0 Å². The van der Waals surface area contributed by atoms with Gasteiger partial charge in [-0.1, -0.05) is 13.8 Å². The molecular weight excluding hydrogens is 258 g/mol. The maximum atomic E-state index is 11.8. The summed E-state index contributed by atoms with van der Waals surface area (Å²) in [4.78, 5) is 9.80. The van der Waals surface area contributed by atoms with E-state index in [1.165, 1.54) is 12.1 Å². The Labute approximate surface area is 105 Å². The van der Waals surface area contributed by atoms with Crippen molar-refractivity contribution in [2.24, 2.45) is 5.92 Å². The average molecular weight is 273 g/mol. The number of sulfonamides is 1. The number of nitro benzene ring substituents is 1. The molecule has 0 spiro atoms. The molecule has 0 atom stereocenters. The van der Waals surface area contributed by atoms with Crippen molar-refractivity contribution in [3.63, 3.8) is 0 Å². The minimum Gasteiger partial charge on any atom is -0.393 e. The Morgan fingerprint density at radius 3 is 2.56 bits per heavy atom. The van der Waals surface area contributed by atoms with Gasteiger partial charge in [-0.25, -0.2) is 13.1 Å². The van der Waals surface area contributed by atoms with E-state index in [0.29, 0.717) is 0 Å². The second-order valence-corrected chi connectivity index (χ2v) is 5.99. The van der Waals surface area contributed by atoms with E-state index in [1.807, 2.05) is 13.8 Å². The number of benzene rings is 1. The zero-order valence-corrected chi connectivity index (χ0v) is 10.9. The summed E-state index contributed by atoms with van der Waals surface area (Å²) in [5.74, 6) is 0.142. The Bertz CT molecular complexity index is 554. The molecule has 8 heteroatoms. The van der Waals surface area contributed by atoms with E-state index in [1.54, 1.807) is 0 Å². The van der Waals surface area contributed by atoms with Gasteiger partial charge in [0, 0.05) is 12.6 Å². The molecule has 0 heterocycles. The zero-order chi connectivity index (χ0) is 13.9. The predicted octanol–water partition coefficient (Wildman–Crippen LogP) is 1.11. The molecule has 0 aliphatic heterocycles. The van der Waals surface area contributed by atoms with Crippen LogP contribution in [-0.2, 0) is 10.0 Å². The highest BCUT2D eigenvalue weighted by Gasteiger charge is 2.20. The van der Waals surface area contributed by atoms with Gasteiger partial charge in [0.05, 0.1) is 9.82 Å². The number of hydrogen-bond acceptors (Lipinski definition) is 5. The quantitative estimate of drug-likeness (QED) is 0.473. The van der Waals surface area contributed by atoms with Crippen molar-refractivity contribution < 1.29 is 13.3 Å². The minimum atomic E-state index is -3.74. The average Bonchev–Trinajstić information content (AvgIpc) is 2.26. The van der Waals surface area contributed by atoms with Gasteiger partial charge >= 0.3 is 0 Å². The topological polar surface area (TPSA) is 115 Å². The number of rotatable bonds is 5. The van der Waals surface area contributed by atoms with Crippen molar-refractivity contribution in [2.45, 2.75) is 18.7 Å². The van der Waals surface area contributed by atoms with Crippen LogP contribution >= 0.6 is 0 Å². The lowest BCUT2D eigenvalue weighted by Crippen LogP contribution is -2.27. The molecule has 0 radical (unpaired) electrons. The van der Waals surface area contributed by atoms with Crippen molar-refractivity contribution in [1.29, 1.82) is 0 Å². The number of nitrogens with zero attached hydrogens (tertiary/aromatic N) is 1. The maximum Gasteiger partial charge on any atom is 0.293 e. The summed E-state index contributed by atoms with van der Waals surface area (Å²) in [5.41, 5.74) is 4.92. The molecule has 3 N–H and O–H groups in total. The number of hydrogen-bond donors (Lipinski definition) is 2. The van der Waals surface area contributed by atoms with E-state index in [0.717, 1.165) is 6.07 Å². The monoisotopic (exact) mass is 273 g/mol. The molecule has 18 heavy (non-hydrogen) atoms. The standard InChI is InChI=1S/C10H15N3O4S/c1-7(2)6-12-18(16,17)8-3-4-9(11)10(5-8)13(14)15/h3-5,7,12H,6,11H2,1-2H3. The summed E-state index contributed by atoms with van der Waals surface area (Å²) in [6.45, 7) is 3.97. The second kappa shape index (κ2) is 5.32. The summed E-state index contributed by atoms with van der Waals surface area (Å²) in [5, 5.41) is 10.7. The van der Waals surface area contributed by atoms with Gasteiger partial charge in [0.25, 0.3) is 5.69 Å². The Morgan fingerprint density at radius 1 is 1.44 bits per heavy atom. The lowest BCUT2D eigenvalue weighted by Gasteiger charge is -2.09. The fourth-order valence-corrected chi connectivity index (χ4v) is 2.44. The van der Waals surface area contributed by atoms with Crippen LogP contribution in [0.25, 0.3) is 0 Å². The van der Waals surface area contributed by atoms with Gasteiger partial charge in [-0.15, -0.1) is 0 Å². The second-order valence-electron chi connectivity index (χ2n) is 4.22. The molecular formula is C10H15N3O4S. The molecule has 7 nitrogen and oxygen atoms in total. The first kappa shape index (κ1) is 14.4. The van der Waals surface area contributed by atoms with Crippen LogP contribution in [0.5, 0.6) is 0 Å². The molecule has 0 aliphatic carbocycles. The molecule has 0 fully saturated rings. The number of nitrogens with one attached hydrogen (secondary N) is 1. The van der Waals surface area contributed by atoms with E-state index in [-0.39, 0.29) is 23.0 Å². The molecule has 0 amide bonds. The van der Waals surface area contributed by atoms with Crippen LogP contribution in [0, 0.1) is 16.0 Å². The Hall–Kier alpha value is -1.67.